The summed E-state index contributed by atoms with van der Waals surface area (Å²) in [6.45, 7) is 0.992. The number of fused-ring (bicyclic) bond motifs is 1. The molecule has 1 amide bonds. The Bertz CT molecular complexity index is 387. The summed E-state index contributed by atoms with van der Waals surface area (Å²) in [5.41, 5.74) is 2.25. The van der Waals surface area contributed by atoms with Crippen molar-refractivity contribution in [3.05, 3.63) is 29.8 Å². The Kier molecular flexibility index (Phi) is 3.25. The van der Waals surface area contributed by atoms with Gasteiger partial charge in [-0.25, -0.2) is 0 Å². The van der Waals surface area contributed by atoms with Crippen LogP contribution in [0, 0.1) is 0 Å². The van der Waals surface area contributed by atoms with Crippen molar-refractivity contribution in [1.29, 1.82) is 0 Å². The first-order chi connectivity index (χ1) is 7.66. The van der Waals surface area contributed by atoms with Crippen molar-refractivity contribution in [2.45, 2.75) is 18.8 Å². The van der Waals surface area contributed by atoms with Crippen molar-refractivity contribution in [3.63, 3.8) is 0 Å². The first-order valence-corrected chi connectivity index (χ1v) is 5.70. The van der Waals surface area contributed by atoms with Crippen molar-refractivity contribution in [2.24, 2.45) is 0 Å². The van der Waals surface area contributed by atoms with Crippen LogP contribution in [0.15, 0.2) is 24.3 Å². The molecule has 0 fully saturated rings. The highest BCUT2D eigenvalue weighted by molar-refractivity contribution is 5.92. The molecule has 3 nitrogen and oxygen atoms in total. The van der Waals surface area contributed by atoms with Crippen molar-refractivity contribution in [3.8, 4) is 0 Å². The number of hydrogen-bond donors (Lipinski definition) is 1. The van der Waals surface area contributed by atoms with Gasteiger partial charge in [-0.2, -0.15) is 0 Å². The molecule has 1 aromatic carbocycles. The molecule has 1 N–H and O–H groups in total. The predicted molar refractivity (Wildman–Crippen MR) is 65.6 cm³/mol. The summed E-state index contributed by atoms with van der Waals surface area (Å²) < 4.78 is 0. The first kappa shape index (κ1) is 11.1. The number of benzene rings is 1. The van der Waals surface area contributed by atoms with Crippen LogP contribution >= 0.6 is 0 Å². The lowest BCUT2D eigenvalue weighted by molar-refractivity contribution is -0.116. The van der Waals surface area contributed by atoms with Crippen LogP contribution in [0.3, 0.4) is 0 Å². The van der Waals surface area contributed by atoms with E-state index in [9.17, 15) is 4.79 Å². The minimum Gasteiger partial charge on any atom is -0.326 e. The number of likely N-dealkylation sites (N-methyl/N-ethyl adjacent to an activating group) is 1. The minimum atomic E-state index is 0.133. The third-order valence-electron chi connectivity index (χ3n) is 2.98. The molecule has 0 saturated heterocycles. The normalized spacial score (nSPS) is 20.2. The molecular formula is C13H18N2O. The van der Waals surface area contributed by atoms with Gasteiger partial charge in [-0.15, -0.1) is 0 Å². The zero-order valence-corrected chi connectivity index (χ0v) is 9.86. The number of hydrogen-bond acceptors (Lipinski definition) is 2. The molecule has 0 aliphatic carbocycles. The molecule has 2 rings (SSSR count). The van der Waals surface area contributed by atoms with Crippen molar-refractivity contribution < 1.29 is 4.79 Å². The van der Waals surface area contributed by atoms with E-state index in [4.69, 9.17) is 0 Å². The van der Waals surface area contributed by atoms with Crippen molar-refractivity contribution >= 4 is 11.6 Å². The number of rotatable bonds is 2. The van der Waals surface area contributed by atoms with Gasteiger partial charge in [0.15, 0.2) is 0 Å². The van der Waals surface area contributed by atoms with E-state index in [-0.39, 0.29) is 5.91 Å². The molecule has 0 bridgehead atoms. The second-order valence-corrected chi connectivity index (χ2v) is 4.63. The summed E-state index contributed by atoms with van der Waals surface area (Å²) in [6, 6.07) is 8.12. The summed E-state index contributed by atoms with van der Waals surface area (Å²) in [7, 11) is 4.14. The first-order valence-electron chi connectivity index (χ1n) is 5.70. The van der Waals surface area contributed by atoms with Gasteiger partial charge in [-0.05, 0) is 38.1 Å². The molecule has 0 radical (unpaired) electrons. The molecule has 1 unspecified atom stereocenters. The van der Waals surface area contributed by atoms with Crippen LogP contribution in [0.2, 0.25) is 0 Å². The third-order valence-corrected chi connectivity index (χ3v) is 2.98. The van der Waals surface area contributed by atoms with E-state index < -0.39 is 0 Å². The molecule has 86 valence electrons. The quantitative estimate of drug-likeness (QED) is 0.824. The SMILES string of the molecule is CN(C)CC1CCC(=O)Nc2ccccc21. The third kappa shape index (κ3) is 2.42. The van der Waals surface area contributed by atoms with E-state index in [0.29, 0.717) is 12.3 Å². The maximum absolute atomic E-state index is 11.6. The average molecular weight is 218 g/mol. The van der Waals surface area contributed by atoms with Gasteiger partial charge in [-0.3, -0.25) is 4.79 Å². The highest BCUT2D eigenvalue weighted by atomic mass is 16.1. The number of nitrogens with zero attached hydrogens (tertiary/aromatic N) is 1. The van der Waals surface area contributed by atoms with Crippen LogP contribution < -0.4 is 5.32 Å². The van der Waals surface area contributed by atoms with Gasteiger partial charge in [0.1, 0.15) is 0 Å². The van der Waals surface area contributed by atoms with E-state index in [2.05, 4.69) is 30.4 Å². The van der Waals surface area contributed by atoms with Crippen LogP contribution in [0.1, 0.15) is 24.3 Å². The maximum Gasteiger partial charge on any atom is 0.224 e. The maximum atomic E-state index is 11.6. The lowest BCUT2D eigenvalue weighted by Crippen LogP contribution is -2.20. The van der Waals surface area contributed by atoms with E-state index in [1.807, 2.05) is 18.2 Å². The van der Waals surface area contributed by atoms with E-state index >= 15 is 0 Å². The fourth-order valence-electron chi connectivity index (χ4n) is 2.27. The molecule has 1 aromatic rings. The Morgan fingerprint density at radius 2 is 2.12 bits per heavy atom. The lowest BCUT2D eigenvalue weighted by Gasteiger charge is -2.20. The van der Waals surface area contributed by atoms with E-state index in [1.54, 1.807) is 0 Å². The van der Waals surface area contributed by atoms with E-state index in [0.717, 1.165) is 18.7 Å². The average Bonchev–Trinajstić information content (AvgIpc) is 2.38. The van der Waals surface area contributed by atoms with E-state index in [1.165, 1.54) is 5.56 Å². The number of anilines is 1. The molecule has 16 heavy (non-hydrogen) atoms. The largest absolute Gasteiger partial charge is 0.326 e. The second kappa shape index (κ2) is 4.66. The van der Waals surface area contributed by atoms with Crippen LogP contribution in [-0.2, 0) is 4.79 Å². The number of amides is 1. The number of para-hydroxylation sites is 1. The molecule has 1 heterocycles. The summed E-state index contributed by atoms with van der Waals surface area (Å²) in [5, 5.41) is 2.97. The topological polar surface area (TPSA) is 32.3 Å². The number of carbonyl (C=O) groups excluding carboxylic acids is 1. The Balaban J connectivity index is 2.30. The fourth-order valence-corrected chi connectivity index (χ4v) is 2.27. The highest BCUT2D eigenvalue weighted by Crippen LogP contribution is 2.31. The fraction of sp³-hybridized carbons (Fsp3) is 0.462. The van der Waals surface area contributed by atoms with Crippen LogP contribution in [0.4, 0.5) is 5.69 Å². The monoisotopic (exact) mass is 218 g/mol. The molecule has 1 aliphatic heterocycles. The van der Waals surface area contributed by atoms with Crippen LogP contribution in [0.5, 0.6) is 0 Å². The number of nitrogens with one attached hydrogen (secondary N) is 1. The summed E-state index contributed by atoms with van der Waals surface area (Å²) in [6.07, 6.45) is 1.55. The molecule has 0 saturated carbocycles. The van der Waals surface area contributed by atoms with Gasteiger partial charge in [0, 0.05) is 18.7 Å². The molecule has 0 spiro atoms. The Labute approximate surface area is 96.5 Å². The van der Waals surface area contributed by atoms with Gasteiger partial charge < -0.3 is 10.2 Å². The predicted octanol–water partition coefficient (Wildman–Crippen LogP) is 2.06. The van der Waals surface area contributed by atoms with Gasteiger partial charge in [0.25, 0.3) is 0 Å². The van der Waals surface area contributed by atoms with Gasteiger partial charge >= 0.3 is 0 Å². The van der Waals surface area contributed by atoms with Crippen molar-refractivity contribution in [2.75, 3.05) is 26.0 Å². The molecule has 1 atom stereocenters. The Morgan fingerprint density at radius 1 is 1.38 bits per heavy atom. The summed E-state index contributed by atoms with van der Waals surface area (Å²) in [5.74, 6) is 0.582. The Hall–Kier alpha value is -1.35. The lowest BCUT2D eigenvalue weighted by atomic mass is 9.94. The highest BCUT2D eigenvalue weighted by Gasteiger charge is 2.21. The standard InChI is InChI=1S/C13H18N2O/c1-15(2)9-10-7-8-13(16)14-12-6-4-3-5-11(10)12/h3-6,10H,7-9H2,1-2H3,(H,14,16). The zero-order chi connectivity index (χ0) is 11.5. The summed E-state index contributed by atoms with van der Waals surface area (Å²) in [4.78, 5) is 13.7. The summed E-state index contributed by atoms with van der Waals surface area (Å²) >= 11 is 0. The van der Waals surface area contributed by atoms with Gasteiger partial charge in [0.05, 0.1) is 0 Å². The smallest absolute Gasteiger partial charge is 0.224 e. The van der Waals surface area contributed by atoms with Crippen molar-refractivity contribution in [1.82, 2.24) is 4.90 Å². The minimum absolute atomic E-state index is 0.133. The van der Waals surface area contributed by atoms with Crippen LogP contribution in [-0.4, -0.2) is 31.4 Å². The van der Waals surface area contributed by atoms with Gasteiger partial charge in [-0.1, -0.05) is 18.2 Å². The zero-order valence-electron chi connectivity index (χ0n) is 9.86. The molecule has 3 heteroatoms. The molecule has 0 aromatic heterocycles. The van der Waals surface area contributed by atoms with Gasteiger partial charge in [0.2, 0.25) is 5.91 Å². The molecular weight excluding hydrogens is 200 g/mol. The molecule has 1 aliphatic rings. The number of carbonyl (C=O) groups is 1. The second-order valence-electron chi connectivity index (χ2n) is 4.63. The Morgan fingerprint density at radius 3 is 2.88 bits per heavy atom. The van der Waals surface area contributed by atoms with Crippen LogP contribution in [0.25, 0.3) is 0 Å².